The molecule has 136 valence electrons. The molecule has 26 heavy (non-hydrogen) atoms. The Kier molecular flexibility index (Phi) is 5.17. The number of hydrogen-bond acceptors (Lipinski definition) is 5. The van der Waals surface area contributed by atoms with E-state index in [0.29, 0.717) is 34.2 Å². The molecule has 0 spiro atoms. The third-order valence-electron chi connectivity index (χ3n) is 3.87. The minimum Gasteiger partial charge on any atom is -0.258 e. The van der Waals surface area contributed by atoms with Gasteiger partial charge in [-0.2, -0.15) is 17.9 Å². The minimum absolute atomic E-state index is 0.0535. The van der Waals surface area contributed by atoms with Gasteiger partial charge in [0.2, 0.25) is 0 Å². The summed E-state index contributed by atoms with van der Waals surface area (Å²) in [5.74, 6) is 0. The van der Waals surface area contributed by atoms with Crippen LogP contribution in [0.25, 0.3) is 0 Å². The largest absolute Gasteiger partial charge is 0.279 e. The topological polar surface area (TPSA) is 92.9 Å². The molecule has 2 aromatic rings. The number of benzene rings is 2. The van der Waals surface area contributed by atoms with Crippen molar-refractivity contribution in [3.8, 4) is 0 Å². The van der Waals surface area contributed by atoms with E-state index in [1.54, 1.807) is 18.2 Å². The number of halogens is 2. The molecule has 0 fully saturated rings. The predicted octanol–water partition coefficient (Wildman–Crippen LogP) is 4.09. The number of rotatable bonds is 4. The van der Waals surface area contributed by atoms with Gasteiger partial charge in [0.1, 0.15) is 0 Å². The van der Waals surface area contributed by atoms with Crippen molar-refractivity contribution in [1.82, 2.24) is 4.41 Å². The van der Waals surface area contributed by atoms with Gasteiger partial charge in [-0.15, -0.1) is 0 Å². The monoisotopic (exact) mass is 413 g/mol. The van der Waals surface area contributed by atoms with Crippen LogP contribution < -0.4 is 0 Å². The molecule has 0 unspecified atom stereocenters. The Labute approximate surface area is 160 Å². The van der Waals surface area contributed by atoms with E-state index in [1.807, 2.05) is 0 Å². The second kappa shape index (κ2) is 7.22. The number of nitrogens with zero attached hydrogens (tertiary/aromatic N) is 3. The summed E-state index contributed by atoms with van der Waals surface area (Å²) in [5.41, 5.74) is 1.10. The molecule has 7 nitrogen and oxygen atoms in total. The zero-order valence-corrected chi connectivity index (χ0v) is 15.6. The summed E-state index contributed by atoms with van der Waals surface area (Å²) in [6.07, 6.45) is 1.19. The lowest BCUT2D eigenvalue weighted by atomic mass is 10.1. The first-order valence-corrected chi connectivity index (χ1v) is 9.79. The summed E-state index contributed by atoms with van der Waals surface area (Å²) >= 11 is 11.9. The van der Waals surface area contributed by atoms with E-state index in [0.717, 1.165) is 16.5 Å². The van der Waals surface area contributed by atoms with E-state index in [-0.39, 0.29) is 17.1 Å². The Hall–Kier alpha value is -2.16. The molecule has 1 aliphatic rings. The van der Waals surface area contributed by atoms with Crippen molar-refractivity contribution >= 4 is 44.6 Å². The van der Waals surface area contributed by atoms with Crippen LogP contribution in [0.4, 0.5) is 5.69 Å². The molecule has 0 atom stereocenters. The molecule has 0 aromatic heterocycles. The van der Waals surface area contributed by atoms with Crippen LogP contribution in [0.1, 0.15) is 18.4 Å². The Morgan fingerprint density at radius 3 is 2.38 bits per heavy atom. The second-order valence-electron chi connectivity index (χ2n) is 5.58. The standard InChI is InChI=1S/C16H13Cl2N3O4S/c17-14-8-3-11(10-15(14)18)16-2-1-9-20(19-16)26(24,25)13-6-4-12(5-7-13)21(22)23/h3-8,10H,1-2,9H2. The molecule has 0 radical (unpaired) electrons. The maximum Gasteiger partial charge on any atom is 0.279 e. The van der Waals surface area contributed by atoms with Gasteiger partial charge in [0.25, 0.3) is 15.7 Å². The van der Waals surface area contributed by atoms with Gasteiger partial charge in [0, 0.05) is 12.1 Å². The van der Waals surface area contributed by atoms with Crippen LogP contribution >= 0.6 is 23.2 Å². The van der Waals surface area contributed by atoms with Crippen LogP contribution in [0.3, 0.4) is 0 Å². The second-order valence-corrected chi connectivity index (χ2v) is 8.24. The molecule has 0 bridgehead atoms. The first-order valence-electron chi connectivity index (χ1n) is 7.59. The molecule has 0 N–H and O–H groups in total. The average molecular weight is 414 g/mol. The number of non-ortho nitro benzene ring substituents is 1. The fourth-order valence-electron chi connectivity index (χ4n) is 2.53. The molecule has 1 heterocycles. The van der Waals surface area contributed by atoms with Gasteiger partial charge in [0.05, 0.1) is 32.1 Å². The van der Waals surface area contributed by atoms with Gasteiger partial charge in [-0.1, -0.05) is 29.3 Å². The van der Waals surface area contributed by atoms with Gasteiger partial charge in [-0.3, -0.25) is 10.1 Å². The smallest absolute Gasteiger partial charge is 0.258 e. The lowest BCUT2D eigenvalue weighted by Gasteiger charge is -2.25. The van der Waals surface area contributed by atoms with Crippen LogP contribution in [-0.4, -0.2) is 30.0 Å². The Balaban J connectivity index is 1.94. The van der Waals surface area contributed by atoms with E-state index in [4.69, 9.17) is 23.2 Å². The van der Waals surface area contributed by atoms with Gasteiger partial charge < -0.3 is 0 Å². The molecular formula is C16H13Cl2N3O4S. The van der Waals surface area contributed by atoms with Gasteiger partial charge >= 0.3 is 0 Å². The number of nitro benzene ring substituents is 1. The molecular weight excluding hydrogens is 401 g/mol. The Morgan fingerprint density at radius 2 is 1.77 bits per heavy atom. The number of hydrazone groups is 1. The minimum atomic E-state index is -3.90. The van der Waals surface area contributed by atoms with Crippen LogP contribution in [0.5, 0.6) is 0 Å². The molecule has 0 amide bonds. The number of sulfonamides is 1. The summed E-state index contributed by atoms with van der Waals surface area (Å²) in [7, 11) is -3.90. The lowest BCUT2D eigenvalue weighted by Crippen LogP contribution is -2.32. The van der Waals surface area contributed by atoms with Gasteiger partial charge in [-0.05, 0) is 42.7 Å². The van der Waals surface area contributed by atoms with Crippen LogP contribution in [0, 0.1) is 10.1 Å². The van der Waals surface area contributed by atoms with Crippen molar-refractivity contribution < 1.29 is 13.3 Å². The van der Waals surface area contributed by atoms with Crippen molar-refractivity contribution in [1.29, 1.82) is 0 Å². The van der Waals surface area contributed by atoms with E-state index >= 15 is 0 Å². The van der Waals surface area contributed by atoms with Crippen LogP contribution in [-0.2, 0) is 10.0 Å². The van der Waals surface area contributed by atoms with Crippen molar-refractivity contribution in [2.24, 2.45) is 5.10 Å². The summed E-state index contributed by atoms with van der Waals surface area (Å²) < 4.78 is 26.5. The maximum absolute atomic E-state index is 12.8. The molecule has 0 saturated heterocycles. The summed E-state index contributed by atoms with van der Waals surface area (Å²) in [6, 6.07) is 9.72. The third-order valence-corrected chi connectivity index (χ3v) is 6.30. The zero-order valence-electron chi connectivity index (χ0n) is 13.3. The first kappa shape index (κ1) is 18.6. The molecule has 2 aromatic carbocycles. The van der Waals surface area contributed by atoms with E-state index in [2.05, 4.69) is 5.10 Å². The van der Waals surface area contributed by atoms with Crippen LogP contribution in [0.15, 0.2) is 52.5 Å². The van der Waals surface area contributed by atoms with Gasteiger partial charge in [-0.25, -0.2) is 0 Å². The van der Waals surface area contributed by atoms with Crippen molar-refractivity contribution in [2.75, 3.05) is 6.54 Å². The molecule has 1 aliphatic heterocycles. The Morgan fingerprint density at radius 1 is 1.08 bits per heavy atom. The highest BCUT2D eigenvalue weighted by atomic mass is 35.5. The Bertz CT molecular complexity index is 991. The fourth-order valence-corrected chi connectivity index (χ4v) is 4.13. The average Bonchev–Trinajstić information content (AvgIpc) is 2.64. The van der Waals surface area contributed by atoms with E-state index in [9.17, 15) is 18.5 Å². The first-order chi connectivity index (χ1) is 12.3. The van der Waals surface area contributed by atoms with Crippen molar-refractivity contribution in [3.63, 3.8) is 0 Å². The highest BCUT2D eigenvalue weighted by Gasteiger charge is 2.27. The number of hydrogen-bond donors (Lipinski definition) is 0. The highest BCUT2D eigenvalue weighted by molar-refractivity contribution is 7.89. The van der Waals surface area contributed by atoms with Crippen molar-refractivity contribution in [3.05, 3.63) is 68.2 Å². The summed E-state index contributed by atoms with van der Waals surface area (Å²) in [6.45, 7) is 0.226. The van der Waals surface area contributed by atoms with Crippen molar-refractivity contribution in [2.45, 2.75) is 17.7 Å². The normalized spacial score (nSPS) is 14.8. The SMILES string of the molecule is O=[N+]([O-])c1ccc(S(=O)(=O)N2CCCC(c3ccc(Cl)c(Cl)c3)=N2)cc1. The molecule has 0 aliphatic carbocycles. The highest BCUT2D eigenvalue weighted by Crippen LogP contribution is 2.27. The quantitative estimate of drug-likeness (QED) is 0.557. The zero-order chi connectivity index (χ0) is 18.9. The van der Waals surface area contributed by atoms with Crippen LogP contribution in [0.2, 0.25) is 10.0 Å². The molecule has 0 saturated carbocycles. The fraction of sp³-hybridized carbons (Fsp3) is 0.188. The molecule has 10 heteroatoms. The summed E-state index contributed by atoms with van der Waals surface area (Å²) in [4.78, 5) is 10.1. The lowest BCUT2D eigenvalue weighted by molar-refractivity contribution is -0.384. The number of nitro groups is 1. The third kappa shape index (κ3) is 3.67. The maximum atomic E-state index is 12.8. The summed E-state index contributed by atoms with van der Waals surface area (Å²) in [5, 5.41) is 15.7. The predicted molar refractivity (Wildman–Crippen MR) is 99.2 cm³/mol. The van der Waals surface area contributed by atoms with Gasteiger partial charge in [0.15, 0.2) is 0 Å². The van der Waals surface area contributed by atoms with E-state index in [1.165, 1.54) is 12.1 Å². The van der Waals surface area contributed by atoms with E-state index < -0.39 is 14.9 Å². The molecule has 3 rings (SSSR count).